The number of carbonyl (C=O) groups is 1. The molecule has 1 aromatic carbocycles. The molecule has 0 radical (unpaired) electrons. The van der Waals surface area contributed by atoms with Gasteiger partial charge in [0.2, 0.25) is 0 Å². The third-order valence-electron chi connectivity index (χ3n) is 3.06. The van der Waals surface area contributed by atoms with Crippen molar-refractivity contribution >= 4 is 17.9 Å². The van der Waals surface area contributed by atoms with Gasteiger partial charge in [0.25, 0.3) is 5.90 Å². The number of cyclic esters (lactones) is 1. The zero-order valence-electron chi connectivity index (χ0n) is 12.0. The van der Waals surface area contributed by atoms with Crippen molar-refractivity contribution in [2.24, 2.45) is 4.99 Å². The molecular weight excluding hydrogens is 286 g/mol. The van der Waals surface area contributed by atoms with Gasteiger partial charge in [-0.25, -0.2) is 9.79 Å². The first kappa shape index (κ1) is 13.9. The van der Waals surface area contributed by atoms with Crippen LogP contribution in [0, 0.1) is 0 Å². The van der Waals surface area contributed by atoms with E-state index in [1.807, 2.05) is 0 Å². The van der Waals surface area contributed by atoms with Crippen LogP contribution < -0.4 is 9.47 Å². The number of rotatable bonds is 4. The lowest BCUT2D eigenvalue weighted by atomic mass is 10.1. The van der Waals surface area contributed by atoms with Gasteiger partial charge in [0, 0.05) is 0 Å². The predicted molar refractivity (Wildman–Crippen MR) is 78.9 cm³/mol. The van der Waals surface area contributed by atoms with Crippen LogP contribution in [-0.4, -0.2) is 26.1 Å². The SMILES string of the molecule is COc1ccc(/C=C2/N=C(c3ccco3)OC2=O)cc1OC. The Hall–Kier alpha value is -3.02. The molecule has 0 N–H and O–H groups in total. The second-order valence-electron chi connectivity index (χ2n) is 4.43. The van der Waals surface area contributed by atoms with Crippen LogP contribution in [0.2, 0.25) is 0 Å². The lowest BCUT2D eigenvalue weighted by Gasteiger charge is -2.07. The molecule has 1 aliphatic rings. The van der Waals surface area contributed by atoms with Gasteiger partial charge in [-0.1, -0.05) is 6.07 Å². The molecule has 112 valence electrons. The van der Waals surface area contributed by atoms with Crippen LogP contribution in [-0.2, 0) is 9.53 Å². The number of esters is 1. The molecule has 0 spiro atoms. The molecule has 0 saturated carbocycles. The minimum Gasteiger partial charge on any atom is -0.493 e. The normalized spacial score (nSPS) is 15.6. The largest absolute Gasteiger partial charge is 0.493 e. The quantitative estimate of drug-likeness (QED) is 0.641. The number of methoxy groups -OCH3 is 2. The molecule has 2 aromatic rings. The van der Waals surface area contributed by atoms with Crippen molar-refractivity contribution in [3.63, 3.8) is 0 Å². The Bertz CT molecular complexity index is 759. The zero-order chi connectivity index (χ0) is 15.5. The Labute approximate surface area is 126 Å². The Kier molecular flexibility index (Phi) is 3.65. The van der Waals surface area contributed by atoms with Crippen molar-refractivity contribution in [3.05, 3.63) is 53.6 Å². The van der Waals surface area contributed by atoms with E-state index in [1.54, 1.807) is 50.6 Å². The van der Waals surface area contributed by atoms with Crippen LogP contribution in [0.4, 0.5) is 0 Å². The highest BCUT2D eigenvalue weighted by Gasteiger charge is 2.25. The second kappa shape index (κ2) is 5.77. The Morgan fingerprint density at radius 1 is 1.14 bits per heavy atom. The van der Waals surface area contributed by atoms with Crippen LogP contribution in [0.3, 0.4) is 0 Å². The summed E-state index contributed by atoms with van der Waals surface area (Å²) in [4.78, 5) is 16.0. The van der Waals surface area contributed by atoms with Crippen molar-refractivity contribution < 1.29 is 23.4 Å². The summed E-state index contributed by atoms with van der Waals surface area (Å²) in [6.07, 6.45) is 3.10. The van der Waals surface area contributed by atoms with Gasteiger partial charge in [0.15, 0.2) is 23.0 Å². The molecule has 0 bridgehead atoms. The molecule has 0 fully saturated rings. The summed E-state index contributed by atoms with van der Waals surface area (Å²) in [5.41, 5.74) is 0.938. The van der Waals surface area contributed by atoms with E-state index in [0.29, 0.717) is 17.3 Å². The maximum atomic E-state index is 11.9. The van der Waals surface area contributed by atoms with E-state index in [0.717, 1.165) is 5.56 Å². The molecule has 0 unspecified atom stereocenters. The number of hydrogen-bond acceptors (Lipinski definition) is 6. The van der Waals surface area contributed by atoms with E-state index in [4.69, 9.17) is 18.6 Å². The third kappa shape index (κ3) is 2.58. The summed E-state index contributed by atoms with van der Waals surface area (Å²) < 4.78 is 20.6. The fourth-order valence-electron chi connectivity index (χ4n) is 2.02. The lowest BCUT2D eigenvalue weighted by Crippen LogP contribution is -2.04. The van der Waals surface area contributed by atoms with E-state index in [2.05, 4.69) is 4.99 Å². The van der Waals surface area contributed by atoms with Gasteiger partial charge in [-0.3, -0.25) is 0 Å². The zero-order valence-corrected chi connectivity index (χ0v) is 12.0. The summed E-state index contributed by atoms with van der Waals surface area (Å²) in [7, 11) is 3.11. The molecule has 6 heteroatoms. The molecule has 6 nitrogen and oxygen atoms in total. The first-order valence-corrected chi connectivity index (χ1v) is 6.49. The lowest BCUT2D eigenvalue weighted by molar-refractivity contribution is -0.130. The van der Waals surface area contributed by atoms with Gasteiger partial charge in [0.1, 0.15) is 0 Å². The average Bonchev–Trinajstić information content (AvgIpc) is 3.17. The smallest absolute Gasteiger partial charge is 0.363 e. The fourth-order valence-corrected chi connectivity index (χ4v) is 2.02. The van der Waals surface area contributed by atoms with Gasteiger partial charge in [-0.05, 0) is 35.9 Å². The summed E-state index contributed by atoms with van der Waals surface area (Å²) in [6, 6.07) is 8.66. The van der Waals surface area contributed by atoms with Gasteiger partial charge >= 0.3 is 5.97 Å². The van der Waals surface area contributed by atoms with Crippen molar-refractivity contribution in [1.29, 1.82) is 0 Å². The Morgan fingerprint density at radius 3 is 2.64 bits per heavy atom. The number of benzene rings is 1. The first-order valence-electron chi connectivity index (χ1n) is 6.49. The highest BCUT2D eigenvalue weighted by atomic mass is 16.6. The predicted octanol–water partition coefficient (Wildman–Crippen LogP) is 2.64. The Morgan fingerprint density at radius 2 is 1.95 bits per heavy atom. The summed E-state index contributed by atoms with van der Waals surface area (Å²) >= 11 is 0. The molecule has 3 rings (SSSR count). The third-order valence-corrected chi connectivity index (χ3v) is 3.06. The number of ether oxygens (including phenoxy) is 3. The van der Waals surface area contributed by atoms with Crippen molar-refractivity contribution in [3.8, 4) is 11.5 Å². The minimum atomic E-state index is -0.527. The second-order valence-corrected chi connectivity index (χ2v) is 4.43. The number of furan rings is 1. The summed E-state index contributed by atoms with van der Waals surface area (Å²) in [5.74, 6) is 1.21. The molecule has 0 aliphatic carbocycles. The number of aliphatic imine (C=N–C) groups is 1. The fraction of sp³-hybridized carbons (Fsp3) is 0.125. The topological polar surface area (TPSA) is 70.3 Å². The molecule has 0 atom stereocenters. The standard InChI is InChI=1S/C16H13NO5/c1-19-12-6-5-10(9-14(12)20-2)8-11-16(18)22-15(17-11)13-4-3-7-21-13/h3-9H,1-2H3/b11-8+. The van der Waals surface area contributed by atoms with E-state index < -0.39 is 5.97 Å². The van der Waals surface area contributed by atoms with E-state index >= 15 is 0 Å². The number of carbonyl (C=O) groups excluding carboxylic acids is 1. The molecule has 2 heterocycles. The monoisotopic (exact) mass is 299 g/mol. The van der Waals surface area contributed by atoms with Gasteiger partial charge in [0.05, 0.1) is 20.5 Å². The Balaban J connectivity index is 1.93. The molecule has 1 aliphatic heterocycles. The average molecular weight is 299 g/mol. The summed E-state index contributed by atoms with van der Waals surface area (Å²) in [5, 5.41) is 0. The molecular formula is C16H13NO5. The van der Waals surface area contributed by atoms with Crippen molar-refractivity contribution in [2.75, 3.05) is 14.2 Å². The van der Waals surface area contributed by atoms with Crippen molar-refractivity contribution in [1.82, 2.24) is 0 Å². The first-order chi connectivity index (χ1) is 10.7. The van der Waals surface area contributed by atoms with E-state index in [9.17, 15) is 4.79 Å². The summed E-state index contributed by atoms with van der Waals surface area (Å²) in [6.45, 7) is 0. The molecule has 0 amide bonds. The van der Waals surface area contributed by atoms with Gasteiger partial charge < -0.3 is 18.6 Å². The van der Waals surface area contributed by atoms with Crippen LogP contribution in [0.25, 0.3) is 6.08 Å². The number of hydrogen-bond donors (Lipinski definition) is 0. The maximum Gasteiger partial charge on any atom is 0.363 e. The van der Waals surface area contributed by atoms with Crippen LogP contribution in [0.1, 0.15) is 11.3 Å². The van der Waals surface area contributed by atoms with Crippen LogP contribution in [0.15, 0.2) is 51.7 Å². The van der Waals surface area contributed by atoms with Crippen LogP contribution >= 0.6 is 0 Å². The maximum absolute atomic E-state index is 11.9. The van der Waals surface area contributed by atoms with E-state index in [-0.39, 0.29) is 11.6 Å². The molecule has 22 heavy (non-hydrogen) atoms. The number of nitrogens with zero attached hydrogens (tertiary/aromatic N) is 1. The molecule has 0 saturated heterocycles. The van der Waals surface area contributed by atoms with Gasteiger partial charge in [-0.15, -0.1) is 0 Å². The highest BCUT2D eigenvalue weighted by molar-refractivity contribution is 6.11. The van der Waals surface area contributed by atoms with E-state index in [1.165, 1.54) is 6.26 Å². The van der Waals surface area contributed by atoms with Crippen LogP contribution in [0.5, 0.6) is 11.5 Å². The highest BCUT2D eigenvalue weighted by Crippen LogP contribution is 2.29. The molecule has 1 aromatic heterocycles. The van der Waals surface area contributed by atoms with Gasteiger partial charge in [-0.2, -0.15) is 0 Å². The van der Waals surface area contributed by atoms with Crippen molar-refractivity contribution in [2.45, 2.75) is 0 Å². The minimum absolute atomic E-state index is 0.154.